The van der Waals surface area contributed by atoms with Crippen molar-refractivity contribution in [1.82, 2.24) is 20.1 Å². The zero-order valence-corrected chi connectivity index (χ0v) is 14.0. The maximum absolute atomic E-state index is 5.36. The monoisotopic (exact) mass is 326 g/mol. The van der Waals surface area contributed by atoms with E-state index in [0.29, 0.717) is 6.54 Å². The molecule has 1 aromatic rings. The van der Waals surface area contributed by atoms with Crippen LogP contribution >= 0.6 is 23.6 Å². The average molecular weight is 326 g/mol. The van der Waals surface area contributed by atoms with Gasteiger partial charge in [-0.25, -0.2) is 4.98 Å². The first-order chi connectivity index (χ1) is 10.2. The van der Waals surface area contributed by atoms with Crippen molar-refractivity contribution < 1.29 is 4.74 Å². The van der Waals surface area contributed by atoms with Crippen LogP contribution in [0.15, 0.2) is 18.0 Å². The lowest BCUT2D eigenvalue weighted by molar-refractivity contribution is 0.0341. The molecule has 0 radical (unpaired) electrons. The number of ether oxygens (including phenoxy) is 1. The molecule has 1 saturated heterocycles. The number of nitrogens with zero attached hydrogens (tertiary/aromatic N) is 3. The number of morpholine rings is 1. The lowest BCUT2D eigenvalue weighted by Crippen LogP contribution is -2.36. The van der Waals surface area contributed by atoms with E-state index in [4.69, 9.17) is 21.9 Å². The van der Waals surface area contributed by atoms with E-state index in [-0.39, 0.29) is 0 Å². The van der Waals surface area contributed by atoms with E-state index >= 15 is 0 Å². The fourth-order valence-electron chi connectivity index (χ4n) is 2.05. The Morgan fingerprint density at radius 2 is 2.38 bits per heavy atom. The molecule has 2 rings (SSSR count). The first-order valence-corrected chi connectivity index (χ1v) is 8.31. The highest BCUT2D eigenvalue weighted by atomic mass is 32.1. The second kappa shape index (κ2) is 8.43. The Balaban J connectivity index is 1.81. The maximum Gasteiger partial charge on any atom is 0.169 e. The minimum absolute atomic E-state index is 0.683. The Kier molecular flexibility index (Phi) is 6.56. The molecular weight excluding hydrogens is 304 g/mol. The minimum atomic E-state index is 0.683. The molecule has 7 heteroatoms. The van der Waals surface area contributed by atoms with Crippen molar-refractivity contribution in [3.8, 4) is 0 Å². The van der Waals surface area contributed by atoms with E-state index in [9.17, 15) is 0 Å². The topological polar surface area (TPSA) is 40.6 Å². The van der Waals surface area contributed by atoms with Crippen LogP contribution in [0.4, 0.5) is 0 Å². The summed E-state index contributed by atoms with van der Waals surface area (Å²) in [5.41, 5.74) is 1.06. The molecule has 1 aliphatic rings. The van der Waals surface area contributed by atoms with Crippen LogP contribution in [0.1, 0.15) is 10.7 Å². The van der Waals surface area contributed by atoms with Crippen molar-refractivity contribution in [2.75, 3.05) is 39.9 Å². The van der Waals surface area contributed by atoms with Gasteiger partial charge in [0.1, 0.15) is 5.01 Å². The number of aromatic nitrogens is 1. The summed E-state index contributed by atoms with van der Waals surface area (Å²) in [4.78, 5) is 9.07. The molecule has 0 atom stereocenters. The Bertz CT molecular complexity index is 471. The van der Waals surface area contributed by atoms with Gasteiger partial charge in [0.2, 0.25) is 0 Å². The fraction of sp³-hybridized carbons (Fsp3) is 0.571. The Labute approximate surface area is 135 Å². The van der Waals surface area contributed by atoms with Crippen LogP contribution in [0.3, 0.4) is 0 Å². The predicted octanol–water partition coefficient (Wildman–Crippen LogP) is 1.47. The van der Waals surface area contributed by atoms with E-state index in [1.807, 2.05) is 11.9 Å². The third kappa shape index (κ3) is 5.35. The zero-order valence-electron chi connectivity index (χ0n) is 12.4. The summed E-state index contributed by atoms with van der Waals surface area (Å²) in [5.74, 6) is 0. The molecule has 0 aliphatic carbocycles. The van der Waals surface area contributed by atoms with Gasteiger partial charge >= 0.3 is 0 Å². The SMILES string of the molecule is C=CCNC(=S)N(C)Cc1csc(CN2CCOCC2)n1. The number of thiocarbonyl (C=S) groups is 1. The van der Waals surface area contributed by atoms with Gasteiger partial charge in [0.15, 0.2) is 5.11 Å². The van der Waals surface area contributed by atoms with Crippen molar-refractivity contribution in [2.45, 2.75) is 13.1 Å². The summed E-state index contributed by atoms with van der Waals surface area (Å²) in [6, 6.07) is 0. The van der Waals surface area contributed by atoms with Crippen LogP contribution in [0.2, 0.25) is 0 Å². The van der Waals surface area contributed by atoms with Gasteiger partial charge in [0.05, 0.1) is 32.0 Å². The fourth-order valence-corrected chi connectivity index (χ4v) is 3.03. The predicted molar refractivity (Wildman–Crippen MR) is 90.5 cm³/mol. The van der Waals surface area contributed by atoms with Gasteiger partial charge in [-0.2, -0.15) is 0 Å². The van der Waals surface area contributed by atoms with Crippen LogP contribution in [0, 0.1) is 0 Å². The molecule has 1 aliphatic heterocycles. The molecule has 116 valence electrons. The molecule has 0 spiro atoms. The Morgan fingerprint density at radius 3 is 3.10 bits per heavy atom. The minimum Gasteiger partial charge on any atom is -0.379 e. The molecule has 0 aromatic carbocycles. The summed E-state index contributed by atoms with van der Waals surface area (Å²) >= 11 is 7.01. The molecule has 2 heterocycles. The second-order valence-corrected chi connectivity index (χ2v) is 6.28. The third-order valence-electron chi connectivity index (χ3n) is 3.21. The summed E-state index contributed by atoms with van der Waals surface area (Å²) in [6.07, 6.45) is 1.80. The van der Waals surface area contributed by atoms with Gasteiger partial charge < -0.3 is 15.0 Å². The number of nitrogens with one attached hydrogen (secondary N) is 1. The van der Waals surface area contributed by atoms with Crippen molar-refractivity contribution in [3.63, 3.8) is 0 Å². The van der Waals surface area contributed by atoms with Gasteiger partial charge in [0, 0.05) is 32.1 Å². The summed E-state index contributed by atoms with van der Waals surface area (Å²) in [6.45, 7) is 9.62. The normalized spacial score (nSPS) is 15.7. The Hall–Kier alpha value is -1.02. The average Bonchev–Trinajstić information content (AvgIpc) is 2.92. The quantitative estimate of drug-likeness (QED) is 0.631. The molecule has 1 aromatic heterocycles. The standard InChI is InChI=1S/C14H22N4OS2/c1-3-4-15-14(20)17(2)9-12-11-21-13(16-12)10-18-5-7-19-8-6-18/h3,11H,1,4-10H2,2H3,(H,15,20). The van der Waals surface area contributed by atoms with E-state index in [0.717, 1.165) is 55.2 Å². The molecule has 1 fully saturated rings. The molecule has 21 heavy (non-hydrogen) atoms. The van der Waals surface area contributed by atoms with E-state index in [1.54, 1.807) is 17.4 Å². The number of hydrogen-bond acceptors (Lipinski definition) is 5. The van der Waals surface area contributed by atoms with Crippen LogP contribution in [-0.4, -0.2) is 59.8 Å². The van der Waals surface area contributed by atoms with Gasteiger partial charge in [-0.3, -0.25) is 4.90 Å². The Morgan fingerprint density at radius 1 is 1.62 bits per heavy atom. The largest absolute Gasteiger partial charge is 0.379 e. The lowest BCUT2D eigenvalue weighted by Gasteiger charge is -2.25. The number of thiazole rings is 1. The molecular formula is C14H22N4OS2. The van der Waals surface area contributed by atoms with E-state index < -0.39 is 0 Å². The lowest BCUT2D eigenvalue weighted by atomic mass is 10.4. The number of hydrogen-bond donors (Lipinski definition) is 1. The molecule has 0 amide bonds. The molecule has 0 saturated carbocycles. The first kappa shape index (κ1) is 16.4. The highest BCUT2D eigenvalue weighted by molar-refractivity contribution is 7.80. The smallest absolute Gasteiger partial charge is 0.169 e. The van der Waals surface area contributed by atoms with Crippen molar-refractivity contribution >= 4 is 28.7 Å². The van der Waals surface area contributed by atoms with Crippen LogP contribution in [0.5, 0.6) is 0 Å². The molecule has 1 N–H and O–H groups in total. The van der Waals surface area contributed by atoms with Gasteiger partial charge in [-0.15, -0.1) is 17.9 Å². The molecule has 5 nitrogen and oxygen atoms in total. The second-order valence-electron chi connectivity index (χ2n) is 4.95. The first-order valence-electron chi connectivity index (χ1n) is 7.02. The van der Waals surface area contributed by atoms with Crippen LogP contribution < -0.4 is 5.32 Å². The van der Waals surface area contributed by atoms with Crippen LogP contribution in [-0.2, 0) is 17.8 Å². The number of rotatable bonds is 6. The van der Waals surface area contributed by atoms with Crippen molar-refractivity contribution in [2.24, 2.45) is 0 Å². The third-order valence-corrected chi connectivity index (χ3v) is 4.54. The van der Waals surface area contributed by atoms with Crippen molar-refractivity contribution in [3.05, 3.63) is 28.7 Å². The molecule has 0 bridgehead atoms. The highest BCUT2D eigenvalue weighted by Crippen LogP contribution is 2.14. The van der Waals surface area contributed by atoms with Gasteiger partial charge in [-0.1, -0.05) is 6.08 Å². The zero-order chi connectivity index (χ0) is 15.1. The summed E-state index contributed by atoms with van der Waals surface area (Å²) < 4.78 is 5.36. The van der Waals surface area contributed by atoms with Gasteiger partial charge in [0.25, 0.3) is 0 Å². The van der Waals surface area contributed by atoms with E-state index in [2.05, 4.69) is 22.2 Å². The highest BCUT2D eigenvalue weighted by Gasteiger charge is 2.13. The van der Waals surface area contributed by atoms with Gasteiger partial charge in [-0.05, 0) is 12.2 Å². The van der Waals surface area contributed by atoms with Crippen molar-refractivity contribution in [1.29, 1.82) is 0 Å². The maximum atomic E-state index is 5.36. The summed E-state index contributed by atoms with van der Waals surface area (Å²) in [5, 5.41) is 7.11. The summed E-state index contributed by atoms with van der Waals surface area (Å²) in [7, 11) is 1.97. The van der Waals surface area contributed by atoms with E-state index in [1.165, 1.54) is 0 Å². The molecule has 0 unspecified atom stereocenters. The van der Waals surface area contributed by atoms with Crippen LogP contribution in [0.25, 0.3) is 0 Å².